The average molecular weight is 309 g/mol. The summed E-state index contributed by atoms with van der Waals surface area (Å²) in [4.78, 5) is 5.89. The molecule has 1 saturated heterocycles. The molecule has 0 atom stereocenters. The first-order valence-corrected chi connectivity index (χ1v) is 8.91. The third-order valence-corrected chi connectivity index (χ3v) is 4.51. The Bertz CT molecular complexity index is 582. The van der Waals surface area contributed by atoms with Crippen LogP contribution in [0.15, 0.2) is 48.5 Å². The van der Waals surface area contributed by atoms with Crippen molar-refractivity contribution in [2.24, 2.45) is 0 Å². The second-order valence-electron chi connectivity index (χ2n) is 6.41. The van der Waals surface area contributed by atoms with Crippen LogP contribution in [0.5, 0.6) is 0 Å². The van der Waals surface area contributed by atoms with Crippen LogP contribution in [0.4, 0.5) is 0 Å². The number of benzene rings is 2. The van der Waals surface area contributed by atoms with E-state index in [2.05, 4.69) is 60.5 Å². The smallest absolute Gasteiger partial charge is 0.0935 e. The van der Waals surface area contributed by atoms with Crippen LogP contribution in [0.25, 0.3) is 11.1 Å². The van der Waals surface area contributed by atoms with Crippen LogP contribution in [-0.4, -0.2) is 18.2 Å². The molecule has 23 heavy (non-hydrogen) atoms. The highest BCUT2D eigenvalue weighted by Crippen LogP contribution is 2.21. The second-order valence-corrected chi connectivity index (χ2v) is 6.41. The summed E-state index contributed by atoms with van der Waals surface area (Å²) < 4.78 is 0. The van der Waals surface area contributed by atoms with Crippen LogP contribution >= 0.6 is 0 Å². The lowest BCUT2D eigenvalue weighted by atomic mass is 10.0. The maximum absolute atomic E-state index is 5.89. The van der Waals surface area contributed by atoms with Gasteiger partial charge in [-0.3, -0.25) is 4.84 Å². The molecular weight excluding hydrogens is 282 g/mol. The predicted molar refractivity (Wildman–Crippen MR) is 96.1 cm³/mol. The molecule has 2 aromatic rings. The van der Waals surface area contributed by atoms with Gasteiger partial charge in [-0.1, -0.05) is 68.3 Å². The minimum atomic E-state index is 0.676. The minimum Gasteiger partial charge on any atom is -0.294 e. The molecule has 0 aliphatic carbocycles. The monoisotopic (exact) mass is 309 g/mol. The van der Waals surface area contributed by atoms with Crippen LogP contribution in [0.2, 0.25) is 0 Å². The van der Waals surface area contributed by atoms with Gasteiger partial charge in [0.15, 0.2) is 0 Å². The zero-order chi connectivity index (χ0) is 15.9. The van der Waals surface area contributed by atoms with Gasteiger partial charge in [0.25, 0.3) is 0 Å². The lowest BCUT2D eigenvalue weighted by Gasteiger charge is -2.25. The number of hydrogen-bond donors (Lipinski definition) is 0. The van der Waals surface area contributed by atoms with Gasteiger partial charge in [-0.2, -0.15) is 5.06 Å². The van der Waals surface area contributed by atoms with Gasteiger partial charge in [-0.15, -0.1) is 0 Å². The van der Waals surface area contributed by atoms with Crippen molar-refractivity contribution in [2.75, 3.05) is 13.1 Å². The highest BCUT2D eigenvalue weighted by molar-refractivity contribution is 5.63. The van der Waals surface area contributed by atoms with Gasteiger partial charge in [-0.25, -0.2) is 0 Å². The van der Waals surface area contributed by atoms with Crippen LogP contribution < -0.4 is 0 Å². The summed E-state index contributed by atoms with van der Waals surface area (Å²) in [7, 11) is 0. The van der Waals surface area contributed by atoms with E-state index in [1.807, 2.05) is 0 Å². The van der Waals surface area contributed by atoms with E-state index in [0.29, 0.717) is 6.61 Å². The standard InChI is InChI=1S/C21H27NO/c1-2-6-18-7-11-20(12-8-18)21-13-9-19(10-14-21)17-23-22-15-4-3-5-16-22/h7-14H,2-6,15-17H2,1H3. The highest BCUT2D eigenvalue weighted by Gasteiger charge is 2.10. The quantitative estimate of drug-likeness (QED) is 0.725. The molecule has 2 aromatic carbocycles. The number of hydroxylamine groups is 2. The summed E-state index contributed by atoms with van der Waals surface area (Å²) >= 11 is 0. The van der Waals surface area contributed by atoms with Gasteiger partial charge < -0.3 is 0 Å². The molecule has 0 aromatic heterocycles. The molecule has 0 saturated carbocycles. The topological polar surface area (TPSA) is 12.5 Å². The van der Waals surface area contributed by atoms with Crippen molar-refractivity contribution in [3.8, 4) is 11.1 Å². The van der Waals surface area contributed by atoms with E-state index in [9.17, 15) is 0 Å². The van der Waals surface area contributed by atoms with Crippen molar-refractivity contribution in [3.63, 3.8) is 0 Å². The molecule has 3 rings (SSSR count). The van der Waals surface area contributed by atoms with Crippen molar-refractivity contribution >= 4 is 0 Å². The summed E-state index contributed by atoms with van der Waals surface area (Å²) in [5.74, 6) is 0. The summed E-state index contributed by atoms with van der Waals surface area (Å²) in [6.07, 6.45) is 6.21. The molecule has 1 fully saturated rings. The molecule has 122 valence electrons. The number of rotatable bonds is 6. The molecular formula is C21H27NO. The Morgan fingerprint density at radius 2 is 1.35 bits per heavy atom. The van der Waals surface area contributed by atoms with Crippen molar-refractivity contribution in [2.45, 2.75) is 45.6 Å². The van der Waals surface area contributed by atoms with Gasteiger partial charge >= 0.3 is 0 Å². The highest BCUT2D eigenvalue weighted by atomic mass is 16.7. The molecule has 1 aliphatic heterocycles. The third-order valence-electron chi connectivity index (χ3n) is 4.51. The fourth-order valence-electron chi connectivity index (χ4n) is 3.11. The number of aryl methyl sites for hydroxylation is 1. The summed E-state index contributed by atoms with van der Waals surface area (Å²) in [6.45, 7) is 5.04. The fraction of sp³-hybridized carbons (Fsp3) is 0.429. The molecule has 2 nitrogen and oxygen atoms in total. The van der Waals surface area contributed by atoms with Crippen molar-refractivity contribution in [1.29, 1.82) is 0 Å². The van der Waals surface area contributed by atoms with Gasteiger partial charge in [0.05, 0.1) is 6.61 Å². The lowest BCUT2D eigenvalue weighted by molar-refractivity contribution is -0.178. The first kappa shape index (κ1) is 16.2. The molecule has 1 heterocycles. The van der Waals surface area contributed by atoms with Gasteiger partial charge in [0.2, 0.25) is 0 Å². The lowest BCUT2D eigenvalue weighted by Crippen LogP contribution is -2.29. The third kappa shape index (κ3) is 4.66. The van der Waals surface area contributed by atoms with E-state index in [0.717, 1.165) is 19.5 Å². The molecule has 0 amide bonds. The van der Waals surface area contributed by atoms with Crippen LogP contribution in [0, 0.1) is 0 Å². The van der Waals surface area contributed by atoms with E-state index in [4.69, 9.17) is 4.84 Å². The molecule has 1 aliphatic rings. The first-order chi connectivity index (χ1) is 11.3. The zero-order valence-corrected chi connectivity index (χ0v) is 14.1. The molecule has 2 heteroatoms. The average Bonchev–Trinajstić information content (AvgIpc) is 2.62. The Kier molecular flexibility index (Phi) is 5.84. The number of piperidine rings is 1. The minimum absolute atomic E-state index is 0.676. The summed E-state index contributed by atoms with van der Waals surface area (Å²) in [6, 6.07) is 17.7. The Morgan fingerprint density at radius 3 is 1.91 bits per heavy atom. The zero-order valence-electron chi connectivity index (χ0n) is 14.1. The van der Waals surface area contributed by atoms with Gasteiger partial charge in [0.1, 0.15) is 0 Å². The van der Waals surface area contributed by atoms with Crippen LogP contribution in [0.3, 0.4) is 0 Å². The maximum atomic E-state index is 5.89. The molecule has 0 radical (unpaired) electrons. The van der Waals surface area contributed by atoms with Gasteiger partial charge in [-0.05, 0) is 41.5 Å². The fourth-order valence-corrected chi connectivity index (χ4v) is 3.11. The Hall–Kier alpha value is -1.64. The Labute approximate surface area is 140 Å². The largest absolute Gasteiger partial charge is 0.294 e. The molecule has 0 bridgehead atoms. The Balaban J connectivity index is 1.57. The molecule has 0 spiro atoms. The van der Waals surface area contributed by atoms with E-state index in [1.54, 1.807) is 0 Å². The molecule has 0 unspecified atom stereocenters. The van der Waals surface area contributed by atoms with Crippen molar-refractivity contribution < 1.29 is 4.84 Å². The van der Waals surface area contributed by atoms with E-state index >= 15 is 0 Å². The maximum Gasteiger partial charge on any atom is 0.0935 e. The van der Waals surface area contributed by atoms with Crippen molar-refractivity contribution in [1.82, 2.24) is 5.06 Å². The van der Waals surface area contributed by atoms with Crippen LogP contribution in [-0.2, 0) is 17.9 Å². The van der Waals surface area contributed by atoms with Crippen molar-refractivity contribution in [3.05, 3.63) is 59.7 Å². The number of nitrogens with zero attached hydrogens (tertiary/aromatic N) is 1. The number of hydrogen-bond acceptors (Lipinski definition) is 2. The SMILES string of the molecule is CCCc1ccc(-c2ccc(CON3CCCCC3)cc2)cc1. The van der Waals surface area contributed by atoms with E-state index in [-0.39, 0.29) is 0 Å². The molecule has 0 N–H and O–H groups in total. The summed E-state index contributed by atoms with van der Waals surface area (Å²) in [5.41, 5.74) is 5.22. The predicted octanol–water partition coefficient (Wildman–Crippen LogP) is 5.22. The summed E-state index contributed by atoms with van der Waals surface area (Å²) in [5, 5.41) is 2.11. The van der Waals surface area contributed by atoms with Gasteiger partial charge in [0, 0.05) is 13.1 Å². The second kappa shape index (κ2) is 8.28. The normalized spacial score (nSPS) is 15.7. The van der Waals surface area contributed by atoms with Crippen LogP contribution in [0.1, 0.15) is 43.7 Å². The van der Waals surface area contributed by atoms with E-state index < -0.39 is 0 Å². The van der Waals surface area contributed by atoms with E-state index in [1.165, 1.54) is 47.9 Å². The first-order valence-electron chi connectivity index (χ1n) is 8.91. The Morgan fingerprint density at radius 1 is 0.783 bits per heavy atom.